The minimum atomic E-state index is -4.38. The van der Waals surface area contributed by atoms with Crippen molar-refractivity contribution in [3.8, 4) is 0 Å². The van der Waals surface area contributed by atoms with E-state index in [0.717, 1.165) is 11.8 Å². The first-order valence-corrected chi connectivity index (χ1v) is 8.73. The van der Waals surface area contributed by atoms with Crippen LogP contribution in [0, 0.1) is 0 Å². The van der Waals surface area contributed by atoms with Crippen molar-refractivity contribution in [2.45, 2.75) is 44.3 Å². The number of hydrogen-bond donors (Lipinski definition) is 1. The highest BCUT2D eigenvalue weighted by Gasteiger charge is 2.54. The van der Waals surface area contributed by atoms with Crippen LogP contribution in [0.1, 0.15) is 48.7 Å². The first-order valence-electron chi connectivity index (χ1n) is 8.73. The summed E-state index contributed by atoms with van der Waals surface area (Å²) in [4.78, 5) is 21.0. The molecule has 26 heavy (non-hydrogen) atoms. The van der Waals surface area contributed by atoms with Crippen molar-refractivity contribution in [3.63, 3.8) is 0 Å². The second kappa shape index (κ2) is 8.16. The molecule has 1 aromatic rings. The maximum atomic E-state index is 13.6. The molecular formula is C18H25F3N4O. The summed E-state index contributed by atoms with van der Waals surface area (Å²) in [5.74, 6) is -0.124. The number of carbonyl (C=O) groups is 1. The summed E-state index contributed by atoms with van der Waals surface area (Å²) in [7, 11) is 1.53. The molecule has 1 aliphatic rings. The van der Waals surface area contributed by atoms with E-state index in [1.54, 1.807) is 19.2 Å². The molecule has 1 unspecified atom stereocenters. The topological polar surface area (TPSA) is 57.6 Å². The molecule has 2 heterocycles. The third-order valence-electron chi connectivity index (χ3n) is 4.97. The summed E-state index contributed by atoms with van der Waals surface area (Å²) < 4.78 is 40.8. The van der Waals surface area contributed by atoms with Crippen LogP contribution in [-0.4, -0.2) is 60.4 Å². The molecule has 0 bridgehead atoms. The van der Waals surface area contributed by atoms with Gasteiger partial charge in [0.1, 0.15) is 11.2 Å². The Morgan fingerprint density at radius 2 is 2.04 bits per heavy atom. The predicted octanol–water partition coefficient (Wildman–Crippen LogP) is 3.03. The number of aromatic nitrogens is 1. The van der Waals surface area contributed by atoms with Gasteiger partial charge < -0.3 is 5.32 Å². The largest absolute Gasteiger partial charge is 0.411 e. The van der Waals surface area contributed by atoms with Gasteiger partial charge in [-0.15, -0.1) is 0 Å². The number of likely N-dealkylation sites (tertiary alicyclic amines) is 1. The van der Waals surface area contributed by atoms with Crippen LogP contribution in [0.5, 0.6) is 0 Å². The standard InChI is InChI=1S/C18H25F3N4O/c1-4-23-12-17(2,18(19,20)21)25-9-7-13(8-10-25)14-5-6-15(24-11-14)16(26)22-3/h5-6,11-13H,4,7-10H2,1-3H3,(H,22,26)/b23-12-. The Balaban J connectivity index is 2.08. The zero-order chi connectivity index (χ0) is 19.4. The minimum absolute atomic E-state index is 0.137. The molecule has 5 nitrogen and oxygen atoms in total. The van der Waals surface area contributed by atoms with Gasteiger partial charge in [0, 0.05) is 26.0 Å². The molecule has 1 atom stereocenters. The van der Waals surface area contributed by atoms with Crippen LogP contribution in [0.25, 0.3) is 0 Å². The number of pyridine rings is 1. The molecule has 2 rings (SSSR count). The number of alkyl halides is 3. The van der Waals surface area contributed by atoms with Crippen LogP contribution in [0.2, 0.25) is 0 Å². The molecular weight excluding hydrogens is 345 g/mol. The third kappa shape index (κ3) is 4.23. The molecule has 1 fully saturated rings. The Hall–Kier alpha value is -1.96. The number of piperidine rings is 1. The highest BCUT2D eigenvalue weighted by Crippen LogP contribution is 2.38. The molecule has 1 amide bonds. The van der Waals surface area contributed by atoms with Gasteiger partial charge in [-0.05, 0) is 57.3 Å². The highest BCUT2D eigenvalue weighted by atomic mass is 19.4. The maximum absolute atomic E-state index is 13.6. The van der Waals surface area contributed by atoms with Crippen LogP contribution in [0.4, 0.5) is 13.2 Å². The number of halogens is 3. The lowest BCUT2D eigenvalue weighted by atomic mass is 9.87. The van der Waals surface area contributed by atoms with Crippen LogP contribution >= 0.6 is 0 Å². The minimum Gasteiger partial charge on any atom is -0.354 e. The summed E-state index contributed by atoms with van der Waals surface area (Å²) in [6, 6.07) is 3.48. The lowest BCUT2D eigenvalue weighted by molar-refractivity contribution is -0.202. The van der Waals surface area contributed by atoms with E-state index >= 15 is 0 Å². The van der Waals surface area contributed by atoms with Gasteiger partial charge in [0.05, 0.1) is 0 Å². The van der Waals surface area contributed by atoms with Gasteiger partial charge in [0.2, 0.25) is 0 Å². The molecule has 0 spiro atoms. The van der Waals surface area contributed by atoms with Gasteiger partial charge in [-0.2, -0.15) is 13.2 Å². The Kier molecular flexibility index (Phi) is 6.39. The van der Waals surface area contributed by atoms with Gasteiger partial charge in [0.25, 0.3) is 5.91 Å². The van der Waals surface area contributed by atoms with Crippen molar-refractivity contribution in [2.75, 3.05) is 26.7 Å². The molecule has 8 heteroatoms. The molecule has 1 aliphatic heterocycles. The van der Waals surface area contributed by atoms with Crippen molar-refractivity contribution in [2.24, 2.45) is 4.99 Å². The van der Waals surface area contributed by atoms with Crippen molar-refractivity contribution >= 4 is 12.1 Å². The molecule has 1 saturated heterocycles. The average Bonchev–Trinajstić information content (AvgIpc) is 2.64. The van der Waals surface area contributed by atoms with E-state index in [0.29, 0.717) is 38.2 Å². The first-order chi connectivity index (χ1) is 12.2. The lowest BCUT2D eigenvalue weighted by Crippen LogP contribution is -2.59. The fourth-order valence-electron chi connectivity index (χ4n) is 3.19. The Bertz CT molecular complexity index is 637. The Labute approximate surface area is 151 Å². The number of hydrogen-bond acceptors (Lipinski definition) is 4. The number of nitrogens with one attached hydrogen (secondary N) is 1. The number of aliphatic imine (C=N–C) groups is 1. The Morgan fingerprint density at radius 3 is 2.50 bits per heavy atom. The quantitative estimate of drug-likeness (QED) is 0.811. The van der Waals surface area contributed by atoms with E-state index in [2.05, 4.69) is 15.3 Å². The summed E-state index contributed by atoms with van der Waals surface area (Å²) in [6.07, 6.45) is -0.492. The van der Waals surface area contributed by atoms with Gasteiger partial charge in [-0.25, -0.2) is 0 Å². The first kappa shape index (κ1) is 20.4. The molecule has 0 aromatic carbocycles. The number of rotatable bonds is 5. The molecule has 1 N–H and O–H groups in total. The van der Waals surface area contributed by atoms with E-state index in [-0.39, 0.29) is 11.8 Å². The van der Waals surface area contributed by atoms with Crippen molar-refractivity contribution < 1.29 is 18.0 Å². The van der Waals surface area contributed by atoms with E-state index in [1.165, 1.54) is 18.9 Å². The van der Waals surface area contributed by atoms with E-state index in [4.69, 9.17) is 0 Å². The zero-order valence-electron chi connectivity index (χ0n) is 15.3. The second-order valence-electron chi connectivity index (χ2n) is 6.59. The average molecular weight is 370 g/mol. The molecule has 0 radical (unpaired) electrons. The van der Waals surface area contributed by atoms with Gasteiger partial charge in [-0.1, -0.05) is 6.07 Å². The van der Waals surface area contributed by atoms with E-state index in [9.17, 15) is 18.0 Å². The molecule has 144 valence electrons. The zero-order valence-corrected chi connectivity index (χ0v) is 15.3. The summed E-state index contributed by atoms with van der Waals surface area (Å²) in [6.45, 7) is 3.88. The smallest absolute Gasteiger partial charge is 0.354 e. The van der Waals surface area contributed by atoms with Crippen molar-refractivity contribution in [1.29, 1.82) is 0 Å². The monoisotopic (exact) mass is 370 g/mol. The van der Waals surface area contributed by atoms with Crippen LogP contribution < -0.4 is 5.32 Å². The molecule has 0 aliphatic carbocycles. The maximum Gasteiger partial charge on any atom is 0.411 e. The second-order valence-corrected chi connectivity index (χ2v) is 6.59. The SMILES string of the molecule is CC/N=C\C(C)(N1CCC(c2ccc(C(=O)NC)nc2)CC1)C(F)(F)F. The van der Waals surface area contributed by atoms with E-state index < -0.39 is 11.7 Å². The molecule has 0 saturated carbocycles. The Morgan fingerprint density at radius 1 is 1.38 bits per heavy atom. The summed E-state index contributed by atoms with van der Waals surface area (Å²) in [5, 5.41) is 2.51. The summed E-state index contributed by atoms with van der Waals surface area (Å²) >= 11 is 0. The molecule has 1 aromatic heterocycles. The van der Waals surface area contributed by atoms with Crippen LogP contribution in [0.3, 0.4) is 0 Å². The third-order valence-corrected chi connectivity index (χ3v) is 4.97. The van der Waals surface area contributed by atoms with Crippen molar-refractivity contribution in [3.05, 3.63) is 29.6 Å². The highest BCUT2D eigenvalue weighted by molar-refractivity contribution is 5.91. The van der Waals surface area contributed by atoms with E-state index in [1.807, 2.05) is 6.07 Å². The van der Waals surface area contributed by atoms with Crippen LogP contribution in [-0.2, 0) is 0 Å². The summed E-state index contributed by atoms with van der Waals surface area (Å²) in [5.41, 5.74) is -0.766. The van der Waals surface area contributed by atoms with Crippen molar-refractivity contribution in [1.82, 2.24) is 15.2 Å². The predicted molar refractivity (Wildman–Crippen MR) is 94.7 cm³/mol. The van der Waals surface area contributed by atoms with Gasteiger partial charge in [-0.3, -0.25) is 19.7 Å². The fraction of sp³-hybridized carbons (Fsp3) is 0.611. The number of nitrogens with zero attached hydrogens (tertiary/aromatic N) is 3. The normalized spacial score (nSPS) is 19.5. The lowest BCUT2D eigenvalue weighted by Gasteiger charge is -2.43. The van der Waals surface area contributed by atoms with Crippen LogP contribution in [0.15, 0.2) is 23.3 Å². The number of carbonyl (C=O) groups excluding carboxylic acids is 1. The number of amides is 1. The fourth-order valence-corrected chi connectivity index (χ4v) is 3.19. The van der Waals surface area contributed by atoms with Gasteiger partial charge >= 0.3 is 6.18 Å². The van der Waals surface area contributed by atoms with Gasteiger partial charge in [0.15, 0.2) is 0 Å².